The van der Waals surface area contributed by atoms with Crippen LogP contribution >= 0.6 is 10.7 Å². The van der Waals surface area contributed by atoms with E-state index in [-0.39, 0.29) is 10.4 Å². The molecule has 4 nitrogen and oxygen atoms in total. The van der Waals surface area contributed by atoms with Crippen LogP contribution in [-0.2, 0) is 14.5 Å². The Balaban J connectivity index is 2.48. The maximum atomic E-state index is 11.4. The molecule has 6 heteroatoms. The van der Waals surface area contributed by atoms with Gasteiger partial charge >= 0.3 is 0 Å². The summed E-state index contributed by atoms with van der Waals surface area (Å²) in [5, 5.41) is 3.97. The van der Waals surface area contributed by atoms with Crippen LogP contribution in [-0.4, -0.2) is 18.2 Å². The Bertz CT molecular complexity index is 682. The topological polar surface area (TPSA) is 52.0 Å². The molecule has 0 amide bonds. The molecule has 0 aliphatic heterocycles. The average Bonchev–Trinajstić information content (AvgIpc) is 2.76. The Kier molecular flexibility index (Phi) is 3.45. The van der Waals surface area contributed by atoms with E-state index in [4.69, 9.17) is 10.7 Å². The molecule has 0 fully saturated rings. The van der Waals surface area contributed by atoms with Crippen LogP contribution in [0.3, 0.4) is 0 Å². The molecule has 0 aliphatic rings. The van der Waals surface area contributed by atoms with Gasteiger partial charge in [0.1, 0.15) is 0 Å². The van der Waals surface area contributed by atoms with E-state index in [2.05, 4.69) is 25.9 Å². The van der Waals surface area contributed by atoms with Crippen LogP contribution in [0.15, 0.2) is 41.6 Å². The normalized spacial score (nSPS) is 12.6. The third kappa shape index (κ3) is 2.98. The lowest BCUT2D eigenvalue weighted by molar-refractivity contribution is 0.589. The van der Waals surface area contributed by atoms with Crippen LogP contribution in [0.5, 0.6) is 0 Å². The van der Waals surface area contributed by atoms with Gasteiger partial charge in [-0.05, 0) is 29.2 Å². The lowest BCUT2D eigenvalue weighted by Gasteiger charge is -2.19. The summed E-state index contributed by atoms with van der Waals surface area (Å²) >= 11 is 0. The minimum atomic E-state index is -3.80. The van der Waals surface area contributed by atoms with E-state index in [0.717, 1.165) is 0 Å². The van der Waals surface area contributed by atoms with Gasteiger partial charge in [-0.15, -0.1) is 0 Å². The van der Waals surface area contributed by atoms with E-state index in [1.54, 1.807) is 0 Å². The first kappa shape index (κ1) is 14.1. The third-order valence-electron chi connectivity index (χ3n) is 2.84. The van der Waals surface area contributed by atoms with Crippen LogP contribution in [0.25, 0.3) is 5.69 Å². The van der Waals surface area contributed by atoms with Gasteiger partial charge in [0.05, 0.1) is 11.9 Å². The van der Waals surface area contributed by atoms with Crippen molar-refractivity contribution >= 4 is 19.7 Å². The van der Waals surface area contributed by atoms with E-state index < -0.39 is 9.05 Å². The summed E-state index contributed by atoms with van der Waals surface area (Å²) in [6.07, 6.45) is 1.41. The minimum absolute atomic E-state index is 0.0299. The fourth-order valence-electron chi connectivity index (χ4n) is 1.77. The number of rotatable bonds is 2. The molecule has 2 rings (SSSR count). The van der Waals surface area contributed by atoms with Crippen molar-refractivity contribution in [3.05, 3.63) is 42.1 Å². The van der Waals surface area contributed by atoms with Gasteiger partial charge < -0.3 is 0 Å². The summed E-state index contributed by atoms with van der Waals surface area (Å²) in [7, 11) is 1.57. The first-order chi connectivity index (χ1) is 8.69. The van der Waals surface area contributed by atoms with Gasteiger partial charge in [0.2, 0.25) is 0 Å². The molecule has 0 saturated heterocycles. The highest BCUT2D eigenvalue weighted by molar-refractivity contribution is 8.13. The third-order valence-corrected chi connectivity index (χ3v) is 4.12. The maximum Gasteiger partial charge on any atom is 0.278 e. The molecule has 0 aliphatic carbocycles. The van der Waals surface area contributed by atoms with Gasteiger partial charge in [0.25, 0.3) is 9.05 Å². The highest BCUT2D eigenvalue weighted by atomic mass is 35.7. The van der Waals surface area contributed by atoms with Gasteiger partial charge in [-0.2, -0.15) is 5.10 Å². The average molecular weight is 299 g/mol. The summed E-state index contributed by atoms with van der Waals surface area (Å²) in [5.74, 6) is 0. The Labute approximate surface area is 117 Å². The van der Waals surface area contributed by atoms with Crippen molar-refractivity contribution in [1.29, 1.82) is 0 Å². The molecule has 0 spiro atoms. The Hall–Kier alpha value is -1.33. The molecule has 2 aromatic rings. The summed E-state index contributed by atoms with van der Waals surface area (Å²) < 4.78 is 24.2. The Morgan fingerprint density at radius 2 is 1.68 bits per heavy atom. The maximum absolute atomic E-state index is 11.4. The molecule has 0 radical (unpaired) electrons. The number of aromatic nitrogens is 2. The van der Waals surface area contributed by atoms with Gasteiger partial charge in [-0.3, -0.25) is 0 Å². The van der Waals surface area contributed by atoms with Crippen molar-refractivity contribution in [2.75, 3.05) is 0 Å². The number of hydrogen-bond donors (Lipinski definition) is 0. The van der Waals surface area contributed by atoms with Crippen molar-refractivity contribution < 1.29 is 8.42 Å². The largest absolute Gasteiger partial charge is 0.278 e. The van der Waals surface area contributed by atoms with E-state index in [0.29, 0.717) is 5.69 Å². The Morgan fingerprint density at radius 1 is 1.11 bits per heavy atom. The zero-order chi connectivity index (χ0) is 14.3. The van der Waals surface area contributed by atoms with Crippen molar-refractivity contribution in [2.24, 2.45) is 0 Å². The number of benzene rings is 1. The van der Waals surface area contributed by atoms with Crippen molar-refractivity contribution in [3.8, 4) is 5.69 Å². The molecule has 1 aromatic heterocycles. The van der Waals surface area contributed by atoms with Crippen molar-refractivity contribution in [1.82, 2.24) is 9.78 Å². The first-order valence-corrected chi connectivity index (χ1v) is 8.10. The quantitative estimate of drug-likeness (QED) is 0.801. The second-order valence-corrected chi connectivity index (χ2v) is 7.83. The standard InChI is InChI=1S/C13H15ClN2O2S/c1-13(2,3)10-4-6-11(7-5-10)16-12(8-9-15-16)19(14,17)18/h4-9H,1-3H3. The number of nitrogens with zero attached hydrogens (tertiary/aromatic N) is 2. The minimum Gasteiger partial charge on any atom is -0.221 e. The van der Waals surface area contributed by atoms with Crippen LogP contribution in [0.1, 0.15) is 26.3 Å². The molecule has 19 heavy (non-hydrogen) atoms. The van der Waals surface area contributed by atoms with Crippen LogP contribution in [0.4, 0.5) is 0 Å². The van der Waals surface area contributed by atoms with Crippen LogP contribution in [0.2, 0.25) is 0 Å². The predicted molar refractivity (Wildman–Crippen MR) is 75.3 cm³/mol. The van der Waals surface area contributed by atoms with Crippen molar-refractivity contribution in [3.63, 3.8) is 0 Å². The zero-order valence-electron chi connectivity index (χ0n) is 11.0. The van der Waals surface area contributed by atoms with Gasteiger partial charge in [-0.1, -0.05) is 32.9 Å². The summed E-state index contributed by atoms with van der Waals surface area (Å²) in [5.41, 5.74) is 1.88. The van der Waals surface area contributed by atoms with Crippen molar-refractivity contribution in [2.45, 2.75) is 31.2 Å². The van der Waals surface area contributed by atoms with E-state index in [1.165, 1.54) is 22.5 Å². The lowest BCUT2D eigenvalue weighted by Crippen LogP contribution is -2.11. The first-order valence-electron chi connectivity index (χ1n) is 5.79. The van der Waals surface area contributed by atoms with Crippen LogP contribution < -0.4 is 0 Å². The predicted octanol–water partition coefficient (Wildman–Crippen LogP) is 3.10. The second kappa shape index (κ2) is 4.65. The lowest BCUT2D eigenvalue weighted by atomic mass is 9.87. The molecule has 102 valence electrons. The second-order valence-electron chi connectivity index (χ2n) is 5.32. The zero-order valence-corrected chi connectivity index (χ0v) is 12.5. The molecule has 0 saturated carbocycles. The summed E-state index contributed by atoms with van der Waals surface area (Å²) in [6.45, 7) is 6.35. The fraction of sp³-hybridized carbons (Fsp3) is 0.308. The molecule has 0 unspecified atom stereocenters. The molecular formula is C13H15ClN2O2S. The number of hydrogen-bond acceptors (Lipinski definition) is 3. The smallest absolute Gasteiger partial charge is 0.221 e. The van der Waals surface area contributed by atoms with E-state index in [9.17, 15) is 8.42 Å². The Morgan fingerprint density at radius 3 is 2.16 bits per heavy atom. The van der Waals surface area contributed by atoms with Gasteiger partial charge in [0.15, 0.2) is 5.03 Å². The monoisotopic (exact) mass is 298 g/mol. The molecule has 1 aromatic carbocycles. The fourth-order valence-corrected chi connectivity index (χ4v) is 2.71. The number of halogens is 1. The summed E-state index contributed by atoms with van der Waals surface area (Å²) in [4.78, 5) is 0. The van der Waals surface area contributed by atoms with Crippen LogP contribution in [0, 0.1) is 0 Å². The summed E-state index contributed by atoms with van der Waals surface area (Å²) in [6, 6.07) is 8.96. The molecular weight excluding hydrogens is 284 g/mol. The molecule has 0 bridgehead atoms. The van der Waals surface area contributed by atoms with E-state index >= 15 is 0 Å². The molecule has 0 atom stereocenters. The highest BCUT2D eigenvalue weighted by Crippen LogP contribution is 2.24. The van der Waals surface area contributed by atoms with E-state index in [1.807, 2.05) is 24.3 Å². The van der Waals surface area contributed by atoms with Gasteiger partial charge in [0, 0.05) is 10.7 Å². The SMILES string of the molecule is CC(C)(C)c1ccc(-n2nccc2S(=O)(=O)Cl)cc1. The molecule has 0 N–H and O–H groups in total. The molecule has 1 heterocycles. The highest BCUT2D eigenvalue weighted by Gasteiger charge is 2.18. The van der Waals surface area contributed by atoms with Gasteiger partial charge in [-0.25, -0.2) is 13.1 Å².